The van der Waals surface area contributed by atoms with Crippen molar-refractivity contribution in [1.29, 1.82) is 0 Å². The molecule has 0 saturated carbocycles. The first-order chi connectivity index (χ1) is 15.4. The summed E-state index contributed by atoms with van der Waals surface area (Å²) >= 11 is 0. The summed E-state index contributed by atoms with van der Waals surface area (Å²) in [6.45, 7) is 12.7. The minimum absolute atomic E-state index is 0.107. The van der Waals surface area contributed by atoms with Crippen LogP contribution in [0.3, 0.4) is 0 Å². The zero-order valence-electron chi connectivity index (χ0n) is 19.5. The highest BCUT2D eigenvalue weighted by Gasteiger charge is 2.26. The van der Waals surface area contributed by atoms with E-state index in [4.69, 9.17) is 19.4 Å². The van der Waals surface area contributed by atoms with Gasteiger partial charge in [-0.15, -0.1) is 0 Å². The number of carbonyl (C=O) groups excluding carboxylic acids is 1. The van der Waals surface area contributed by atoms with E-state index >= 15 is 0 Å². The second-order valence-corrected chi connectivity index (χ2v) is 8.76. The second-order valence-electron chi connectivity index (χ2n) is 8.76. The van der Waals surface area contributed by atoms with Gasteiger partial charge in [0, 0.05) is 30.6 Å². The third-order valence-corrected chi connectivity index (χ3v) is 5.72. The normalized spacial score (nSPS) is 14.9. The molecule has 1 aliphatic heterocycles. The maximum Gasteiger partial charge on any atom is 0.410 e. The van der Waals surface area contributed by atoms with E-state index in [-0.39, 0.29) is 12.1 Å². The van der Waals surface area contributed by atoms with Crippen LogP contribution in [-0.2, 0) is 4.74 Å². The maximum absolute atomic E-state index is 11.9. The molecule has 3 aromatic rings. The van der Waals surface area contributed by atoms with E-state index in [0.29, 0.717) is 38.1 Å². The maximum atomic E-state index is 11.9. The van der Waals surface area contributed by atoms with Crippen molar-refractivity contribution in [1.82, 2.24) is 24.4 Å². The van der Waals surface area contributed by atoms with Crippen molar-refractivity contribution in [2.24, 2.45) is 5.92 Å². The number of cyclic esters (lactones) is 1. The predicted molar refractivity (Wildman–Crippen MR) is 123 cm³/mol. The molecule has 4 rings (SSSR count). The lowest BCUT2D eigenvalue weighted by Crippen LogP contribution is -2.31. The Kier molecular flexibility index (Phi) is 6.30. The first-order valence-corrected chi connectivity index (χ1v) is 11.2. The van der Waals surface area contributed by atoms with Gasteiger partial charge in [-0.25, -0.2) is 19.7 Å². The fourth-order valence-corrected chi connectivity index (χ4v) is 3.95. The molecule has 1 unspecified atom stereocenters. The summed E-state index contributed by atoms with van der Waals surface area (Å²) in [5.41, 5.74) is 5.33. The van der Waals surface area contributed by atoms with E-state index in [1.807, 2.05) is 26.0 Å². The Hall–Kier alpha value is -3.16. The van der Waals surface area contributed by atoms with E-state index in [9.17, 15) is 4.79 Å². The number of ether oxygens (including phenoxy) is 2. The molecule has 0 aliphatic carbocycles. The summed E-state index contributed by atoms with van der Waals surface area (Å²) in [5, 5.41) is 0. The largest absolute Gasteiger partial charge is 0.477 e. The minimum Gasteiger partial charge on any atom is -0.477 e. The molecular weight excluding hydrogens is 406 g/mol. The SMILES string of the molecule is CCC(CN1CCOC1=O)n1cc(C)c2nc(-c3ccc(OCC(C)C)nc3)c(C)nc21. The first kappa shape index (κ1) is 22.0. The molecule has 0 N–H and O–H groups in total. The average molecular weight is 438 g/mol. The number of carbonyl (C=O) groups is 1. The number of nitrogens with zero attached hydrogens (tertiary/aromatic N) is 5. The smallest absolute Gasteiger partial charge is 0.410 e. The van der Waals surface area contributed by atoms with Gasteiger partial charge < -0.3 is 18.9 Å². The highest BCUT2D eigenvalue weighted by molar-refractivity contribution is 5.80. The molecule has 3 aromatic heterocycles. The summed E-state index contributed by atoms with van der Waals surface area (Å²) in [4.78, 5) is 28.0. The standard InChI is InChI=1S/C24H31N5O3/c1-6-19(13-28-9-10-31-24(28)30)29-12-16(4)21-23(29)26-17(5)22(27-21)18-7-8-20(25-11-18)32-14-15(2)3/h7-8,11-12,15,19H,6,9-10,13-14H2,1-5H3. The number of rotatable bonds is 8. The molecule has 0 bridgehead atoms. The molecule has 8 heteroatoms. The Morgan fingerprint density at radius 2 is 2.03 bits per heavy atom. The number of pyridine rings is 1. The molecule has 0 spiro atoms. The van der Waals surface area contributed by atoms with E-state index in [1.165, 1.54) is 0 Å². The zero-order chi connectivity index (χ0) is 22.8. The molecule has 1 fully saturated rings. The molecule has 1 atom stereocenters. The van der Waals surface area contributed by atoms with E-state index < -0.39 is 0 Å². The molecule has 0 aromatic carbocycles. The van der Waals surface area contributed by atoms with Gasteiger partial charge in [0.05, 0.1) is 30.6 Å². The number of aromatic nitrogens is 4. The molecule has 170 valence electrons. The van der Waals surface area contributed by atoms with Crippen molar-refractivity contribution in [2.75, 3.05) is 26.3 Å². The summed E-state index contributed by atoms with van der Waals surface area (Å²) in [6, 6.07) is 3.96. The number of amides is 1. The highest BCUT2D eigenvalue weighted by atomic mass is 16.6. The molecule has 1 saturated heterocycles. The van der Waals surface area contributed by atoms with Crippen LogP contribution in [-0.4, -0.2) is 56.8 Å². The van der Waals surface area contributed by atoms with Crippen molar-refractivity contribution in [3.8, 4) is 17.1 Å². The molecule has 0 radical (unpaired) electrons. The lowest BCUT2D eigenvalue weighted by Gasteiger charge is -2.23. The quantitative estimate of drug-likeness (QED) is 0.514. The lowest BCUT2D eigenvalue weighted by molar-refractivity contribution is 0.154. The van der Waals surface area contributed by atoms with Crippen molar-refractivity contribution >= 4 is 17.3 Å². The molecule has 4 heterocycles. The Balaban J connectivity index is 1.64. The number of fused-ring (bicyclic) bond motifs is 1. The molecule has 1 aliphatic rings. The molecular formula is C24H31N5O3. The van der Waals surface area contributed by atoms with Crippen LogP contribution < -0.4 is 4.74 Å². The van der Waals surface area contributed by atoms with Gasteiger partial charge in [0.2, 0.25) is 5.88 Å². The van der Waals surface area contributed by atoms with E-state index in [2.05, 4.69) is 36.5 Å². The van der Waals surface area contributed by atoms with Gasteiger partial charge in [-0.05, 0) is 37.8 Å². The monoisotopic (exact) mass is 437 g/mol. The number of hydrogen-bond donors (Lipinski definition) is 0. The molecule has 32 heavy (non-hydrogen) atoms. The van der Waals surface area contributed by atoms with Crippen LogP contribution in [0, 0.1) is 19.8 Å². The average Bonchev–Trinajstić information content (AvgIpc) is 3.32. The summed E-state index contributed by atoms with van der Waals surface area (Å²) < 4.78 is 12.9. The van der Waals surface area contributed by atoms with Gasteiger partial charge >= 0.3 is 6.09 Å². The van der Waals surface area contributed by atoms with Crippen LogP contribution in [0.1, 0.15) is 44.5 Å². The number of hydrogen-bond acceptors (Lipinski definition) is 6. The van der Waals surface area contributed by atoms with Crippen LogP contribution in [0.15, 0.2) is 24.5 Å². The van der Waals surface area contributed by atoms with Gasteiger partial charge in [0.1, 0.15) is 12.1 Å². The molecule has 8 nitrogen and oxygen atoms in total. The zero-order valence-corrected chi connectivity index (χ0v) is 19.5. The third kappa shape index (κ3) is 4.40. The van der Waals surface area contributed by atoms with Crippen LogP contribution in [0.25, 0.3) is 22.4 Å². The first-order valence-electron chi connectivity index (χ1n) is 11.2. The van der Waals surface area contributed by atoms with Crippen LogP contribution in [0.5, 0.6) is 5.88 Å². The Labute approximate surface area is 188 Å². The number of aryl methyl sites for hydroxylation is 2. The van der Waals surface area contributed by atoms with Crippen molar-refractivity contribution in [3.05, 3.63) is 35.8 Å². The van der Waals surface area contributed by atoms with Gasteiger partial charge in [0.15, 0.2) is 5.65 Å². The fraction of sp³-hybridized carbons (Fsp3) is 0.500. The minimum atomic E-state index is -0.241. The van der Waals surface area contributed by atoms with Gasteiger partial charge in [-0.2, -0.15) is 0 Å². The Bertz CT molecular complexity index is 1110. The fourth-order valence-electron chi connectivity index (χ4n) is 3.95. The van der Waals surface area contributed by atoms with Crippen molar-refractivity contribution in [2.45, 2.75) is 47.1 Å². The highest BCUT2D eigenvalue weighted by Crippen LogP contribution is 2.29. The Morgan fingerprint density at radius 1 is 1.22 bits per heavy atom. The van der Waals surface area contributed by atoms with Crippen LogP contribution in [0.4, 0.5) is 4.79 Å². The summed E-state index contributed by atoms with van der Waals surface area (Å²) in [7, 11) is 0. The van der Waals surface area contributed by atoms with Gasteiger partial charge in [-0.3, -0.25) is 0 Å². The van der Waals surface area contributed by atoms with Crippen molar-refractivity contribution < 1.29 is 14.3 Å². The van der Waals surface area contributed by atoms with Gasteiger partial charge in [0.25, 0.3) is 0 Å². The van der Waals surface area contributed by atoms with Crippen LogP contribution >= 0.6 is 0 Å². The second kappa shape index (κ2) is 9.14. The van der Waals surface area contributed by atoms with Gasteiger partial charge in [-0.1, -0.05) is 20.8 Å². The lowest BCUT2D eigenvalue weighted by atomic mass is 10.1. The predicted octanol–water partition coefficient (Wildman–Crippen LogP) is 4.55. The van der Waals surface area contributed by atoms with Crippen LogP contribution in [0.2, 0.25) is 0 Å². The van der Waals surface area contributed by atoms with Crippen molar-refractivity contribution in [3.63, 3.8) is 0 Å². The van der Waals surface area contributed by atoms with E-state index in [0.717, 1.165) is 40.1 Å². The Morgan fingerprint density at radius 3 is 2.66 bits per heavy atom. The third-order valence-electron chi connectivity index (χ3n) is 5.72. The topological polar surface area (TPSA) is 82.4 Å². The summed E-state index contributed by atoms with van der Waals surface area (Å²) in [6.07, 6.45) is 4.51. The summed E-state index contributed by atoms with van der Waals surface area (Å²) in [5.74, 6) is 1.06. The molecule has 1 amide bonds. The van der Waals surface area contributed by atoms with E-state index in [1.54, 1.807) is 11.1 Å².